The third kappa shape index (κ3) is 2.62. The van der Waals surface area contributed by atoms with E-state index in [-0.39, 0.29) is 11.7 Å². The van der Waals surface area contributed by atoms with E-state index in [1.165, 1.54) is 36.2 Å². The Morgan fingerprint density at radius 1 is 1.04 bits per heavy atom. The second kappa shape index (κ2) is 6.00. The molecule has 4 rings (SSSR count). The summed E-state index contributed by atoms with van der Waals surface area (Å²) in [5.41, 5.74) is 10.2. The summed E-state index contributed by atoms with van der Waals surface area (Å²) in [6, 6.07) is 11.6. The van der Waals surface area contributed by atoms with Gasteiger partial charge in [0.2, 0.25) is 0 Å². The number of aromatic amines is 1. The van der Waals surface area contributed by atoms with Gasteiger partial charge in [0.05, 0.1) is 16.8 Å². The second-order valence-electron chi connectivity index (χ2n) is 6.10. The number of carbonyl (C=O) groups excluding carboxylic acids is 1. The van der Waals surface area contributed by atoms with Gasteiger partial charge in [0.15, 0.2) is 0 Å². The maximum absolute atomic E-state index is 12.9. The number of hydrogen-bond donors (Lipinski definition) is 3. The van der Waals surface area contributed by atoms with Crippen LogP contribution < -0.4 is 10.9 Å². The summed E-state index contributed by atoms with van der Waals surface area (Å²) in [5, 5.41) is 1.14. The molecule has 2 aromatic carbocycles. The zero-order valence-electron chi connectivity index (χ0n) is 13.2. The number of H-pyrrole nitrogens is 1. The number of anilines is 1. The highest BCUT2D eigenvalue weighted by Crippen LogP contribution is 2.30. The van der Waals surface area contributed by atoms with Gasteiger partial charge in [-0.3, -0.25) is 15.6 Å². The fraction of sp³-hybridized carbons (Fsp3) is 0.211. The maximum Gasteiger partial charge on any atom is 0.271 e. The number of benzene rings is 2. The van der Waals surface area contributed by atoms with Gasteiger partial charge in [-0.1, -0.05) is 12.1 Å². The predicted octanol–water partition coefficient (Wildman–Crippen LogP) is 3.94. The van der Waals surface area contributed by atoms with Crippen molar-refractivity contribution in [2.45, 2.75) is 25.7 Å². The van der Waals surface area contributed by atoms with Crippen molar-refractivity contribution in [2.75, 3.05) is 5.43 Å². The molecule has 0 bridgehead atoms. The molecule has 0 saturated heterocycles. The molecular weight excluding hydrogens is 305 g/mol. The van der Waals surface area contributed by atoms with Gasteiger partial charge in [0.25, 0.3) is 5.91 Å². The van der Waals surface area contributed by atoms with Crippen LogP contribution in [-0.2, 0) is 12.8 Å². The number of carbonyl (C=O) groups is 1. The minimum absolute atomic E-state index is 0.219. The Hall–Kier alpha value is -2.82. The molecule has 1 amide bonds. The van der Waals surface area contributed by atoms with E-state index in [0.717, 1.165) is 23.7 Å². The molecule has 3 aromatic rings. The lowest BCUT2D eigenvalue weighted by molar-refractivity contribution is 0.0964. The number of hydrogen-bond acceptors (Lipinski definition) is 2. The van der Waals surface area contributed by atoms with Crippen molar-refractivity contribution in [3.8, 4) is 0 Å². The Balaban J connectivity index is 1.60. The number of aromatic nitrogens is 1. The van der Waals surface area contributed by atoms with Gasteiger partial charge >= 0.3 is 0 Å². The number of nitrogens with one attached hydrogen (secondary N) is 3. The quantitative estimate of drug-likeness (QED) is 0.639. The Morgan fingerprint density at radius 3 is 2.67 bits per heavy atom. The van der Waals surface area contributed by atoms with Crippen LogP contribution in [0.5, 0.6) is 0 Å². The number of rotatable bonds is 3. The summed E-state index contributed by atoms with van der Waals surface area (Å²) < 4.78 is 12.9. The Labute approximate surface area is 139 Å². The summed E-state index contributed by atoms with van der Waals surface area (Å²) in [6.07, 6.45) is 4.49. The molecule has 24 heavy (non-hydrogen) atoms. The third-order valence-corrected chi connectivity index (χ3v) is 4.54. The van der Waals surface area contributed by atoms with Crippen molar-refractivity contribution in [1.29, 1.82) is 0 Å². The summed E-state index contributed by atoms with van der Waals surface area (Å²) in [4.78, 5) is 16.0. The van der Waals surface area contributed by atoms with E-state index >= 15 is 0 Å². The van der Waals surface area contributed by atoms with E-state index in [9.17, 15) is 9.18 Å². The van der Waals surface area contributed by atoms with Gasteiger partial charge < -0.3 is 4.98 Å². The van der Waals surface area contributed by atoms with Gasteiger partial charge in [-0.15, -0.1) is 0 Å². The normalized spacial score (nSPS) is 13.5. The van der Waals surface area contributed by atoms with E-state index in [1.807, 2.05) is 12.1 Å². The fourth-order valence-electron chi connectivity index (χ4n) is 3.35. The first-order valence-corrected chi connectivity index (χ1v) is 8.17. The van der Waals surface area contributed by atoms with Gasteiger partial charge in [-0.2, -0.15) is 0 Å². The molecule has 1 aliphatic rings. The molecule has 0 saturated carbocycles. The molecular formula is C19H18FN3O. The van der Waals surface area contributed by atoms with E-state index in [4.69, 9.17) is 0 Å². The van der Waals surface area contributed by atoms with Gasteiger partial charge in [-0.05, 0) is 61.6 Å². The van der Waals surface area contributed by atoms with Crippen LogP contribution in [0.3, 0.4) is 0 Å². The van der Waals surface area contributed by atoms with Crippen LogP contribution in [-0.4, -0.2) is 10.9 Å². The standard InChI is InChI=1S/C19H18FN3O/c20-12-8-10-13(11-9-12)22-23-19(24)16-6-3-5-15-14-4-1-2-7-17(14)21-18(15)16/h3,5-6,8-11,21-22H,1-2,4,7H2,(H,23,24). The number of hydrazine groups is 1. The van der Waals surface area contributed by atoms with Crippen molar-refractivity contribution >= 4 is 22.5 Å². The SMILES string of the molecule is O=C(NNc1ccc(F)cc1)c1cccc2c3c([nH]c12)CCCC3. The van der Waals surface area contributed by atoms with Crippen LogP contribution in [0.25, 0.3) is 10.9 Å². The van der Waals surface area contributed by atoms with Crippen molar-refractivity contribution in [3.63, 3.8) is 0 Å². The molecule has 1 aromatic heterocycles. The van der Waals surface area contributed by atoms with Crippen LogP contribution in [0.15, 0.2) is 42.5 Å². The highest BCUT2D eigenvalue weighted by Gasteiger charge is 2.19. The monoisotopic (exact) mass is 323 g/mol. The number of halogens is 1. The summed E-state index contributed by atoms with van der Waals surface area (Å²) >= 11 is 0. The van der Waals surface area contributed by atoms with Crippen LogP contribution in [0.2, 0.25) is 0 Å². The van der Waals surface area contributed by atoms with E-state index in [1.54, 1.807) is 12.1 Å². The Kier molecular flexibility index (Phi) is 3.69. The largest absolute Gasteiger partial charge is 0.358 e. The second-order valence-corrected chi connectivity index (χ2v) is 6.10. The molecule has 1 aliphatic carbocycles. The molecule has 3 N–H and O–H groups in total. The average molecular weight is 323 g/mol. The van der Waals surface area contributed by atoms with Crippen LogP contribution in [0.1, 0.15) is 34.5 Å². The molecule has 0 unspecified atom stereocenters. The van der Waals surface area contributed by atoms with Gasteiger partial charge in [0.1, 0.15) is 5.82 Å². The van der Waals surface area contributed by atoms with Crippen molar-refractivity contribution in [3.05, 3.63) is 65.1 Å². The molecule has 122 valence electrons. The van der Waals surface area contributed by atoms with Crippen LogP contribution >= 0.6 is 0 Å². The highest BCUT2D eigenvalue weighted by molar-refractivity contribution is 6.07. The smallest absolute Gasteiger partial charge is 0.271 e. The number of fused-ring (bicyclic) bond motifs is 3. The lowest BCUT2D eigenvalue weighted by Gasteiger charge is -2.10. The zero-order chi connectivity index (χ0) is 16.5. The minimum Gasteiger partial charge on any atom is -0.358 e. The van der Waals surface area contributed by atoms with Crippen LogP contribution in [0, 0.1) is 5.82 Å². The lowest BCUT2D eigenvalue weighted by Crippen LogP contribution is -2.29. The first kappa shape index (κ1) is 14.8. The summed E-state index contributed by atoms with van der Waals surface area (Å²) in [7, 11) is 0. The van der Waals surface area contributed by atoms with Crippen molar-refractivity contribution in [2.24, 2.45) is 0 Å². The first-order chi connectivity index (χ1) is 11.7. The summed E-state index contributed by atoms with van der Waals surface area (Å²) in [5.74, 6) is -0.530. The minimum atomic E-state index is -0.311. The fourth-order valence-corrected chi connectivity index (χ4v) is 3.35. The molecule has 4 nitrogen and oxygen atoms in total. The van der Waals surface area contributed by atoms with E-state index < -0.39 is 0 Å². The van der Waals surface area contributed by atoms with Gasteiger partial charge in [0, 0.05) is 11.1 Å². The lowest BCUT2D eigenvalue weighted by atomic mass is 9.95. The molecule has 0 fully saturated rings. The summed E-state index contributed by atoms with van der Waals surface area (Å²) in [6.45, 7) is 0. The molecule has 0 radical (unpaired) electrons. The molecule has 0 aliphatic heterocycles. The average Bonchev–Trinajstić information content (AvgIpc) is 2.99. The van der Waals surface area contributed by atoms with E-state index in [0.29, 0.717) is 11.3 Å². The molecule has 5 heteroatoms. The maximum atomic E-state index is 12.9. The highest BCUT2D eigenvalue weighted by atomic mass is 19.1. The Bertz CT molecular complexity index is 899. The molecule has 1 heterocycles. The first-order valence-electron chi connectivity index (χ1n) is 8.17. The zero-order valence-corrected chi connectivity index (χ0v) is 13.2. The van der Waals surface area contributed by atoms with Gasteiger partial charge in [-0.25, -0.2) is 4.39 Å². The Morgan fingerprint density at radius 2 is 1.83 bits per heavy atom. The van der Waals surface area contributed by atoms with E-state index in [2.05, 4.69) is 21.9 Å². The molecule has 0 atom stereocenters. The third-order valence-electron chi connectivity index (χ3n) is 4.54. The topological polar surface area (TPSA) is 56.9 Å². The molecule has 0 spiro atoms. The van der Waals surface area contributed by atoms with Crippen molar-refractivity contribution < 1.29 is 9.18 Å². The van der Waals surface area contributed by atoms with Crippen LogP contribution in [0.4, 0.5) is 10.1 Å². The number of amides is 1. The van der Waals surface area contributed by atoms with Crippen molar-refractivity contribution in [1.82, 2.24) is 10.4 Å². The predicted molar refractivity (Wildman–Crippen MR) is 92.4 cm³/mol. The number of para-hydroxylation sites is 1. The number of aryl methyl sites for hydroxylation is 2.